The highest BCUT2D eigenvalue weighted by Crippen LogP contribution is 2.26. The lowest BCUT2D eigenvalue weighted by molar-refractivity contribution is 0.546. The Morgan fingerprint density at radius 2 is 1.31 bits per heavy atom. The first-order valence-electron chi connectivity index (χ1n) is 9.91. The van der Waals surface area contributed by atoms with E-state index in [1.54, 1.807) is 30.5 Å². The van der Waals surface area contributed by atoms with Crippen molar-refractivity contribution in [3.8, 4) is 11.3 Å². The molecule has 0 atom stereocenters. The van der Waals surface area contributed by atoms with Crippen LogP contribution in [0, 0.1) is 0 Å². The third-order valence-electron chi connectivity index (χ3n) is 4.83. The van der Waals surface area contributed by atoms with Crippen LogP contribution in [-0.4, -0.2) is 15.2 Å². The van der Waals surface area contributed by atoms with E-state index in [1.165, 1.54) is 0 Å². The summed E-state index contributed by atoms with van der Waals surface area (Å²) in [5.74, 6) is 2.75. The second kappa shape index (κ2) is 9.10. The van der Waals surface area contributed by atoms with Crippen molar-refractivity contribution in [3.63, 3.8) is 0 Å². The van der Waals surface area contributed by atoms with Crippen molar-refractivity contribution in [3.05, 3.63) is 102 Å². The Hall–Kier alpha value is -4.51. The van der Waals surface area contributed by atoms with Gasteiger partial charge in [-0.2, -0.15) is 0 Å². The zero-order chi connectivity index (χ0) is 22.5. The predicted molar refractivity (Wildman–Crippen MR) is 132 cm³/mol. The Balaban J connectivity index is 1.62. The predicted octanol–water partition coefficient (Wildman–Crippen LogP) is 7.08. The molecule has 0 aromatic carbocycles. The monoisotopic (exact) mass is 419 g/mol. The van der Waals surface area contributed by atoms with Gasteiger partial charge in [0.25, 0.3) is 0 Å². The van der Waals surface area contributed by atoms with Gasteiger partial charge in [0.15, 0.2) is 0 Å². The lowest BCUT2D eigenvalue weighted by Gasteiger charge is -1.91. The maximum absolute atomic E-state index is 5.74. The highest BCUT2D eigenvalue weighted by Gasteiger charge is 2.11. The van der Waals surface area contributed by atoms with Gasteiger partial charge in [-0.1, -0.05) is 38.5 Å². The van der Waals surface area contributed by atoms with Crippen LogP contribution in [0.2, 0.25) is 0 Å². The molecule has 156 valence electrons. The fourth-order valence-corrected chi connectivity index (χ4v) is 3.16. The largest absolute Gasteiger partial charge is 0.457 e. The number of furan rings is 2. The molecule has 5 heteroatoms. The van der Waals surface area contributed by atoms with Crippen LogP contribution >= 0.6 is 0 Å². The Kier molecular flexibility index (Phi) is 5.90. The zero-order valence-electron chi connectivity index (χ0n) is 17.5. The molecule has 4 rings (SSSR count). The van der Waals surface area contributed by atoms with Crippen molar-refractivity contribution in [1.29, 1.82) is 0 Å². The maximum Gasteiger partial charge on any atom is 0.134 e. The summed E-state index contributed by atoms with van der Waals surface area (Å²) in [6, 6.07) is 7.61. The van der Waals surface area contributed by atoms with E-state index in [0.29, 0.717) is 28.7 Å². The van der Waals surface area contributed by atoms with Gasteiger partial charge in [0.1, 0.15) is 28.7 Å². The van der Waals surface area contributed by atoms with Crippen molar-refractivity contribution in [2.45, 2.75) is 0 Å². The van der Waals surface area contributed by atoms with Crippen molar-refractivity contribution in [1.82, 2.24) is 15.2 Å². The summed E-state index contributed by atoms with van der Waals surface area (Å²) in [5.41, 5.74) is 4.82. The maximum atomic E-state index is 5.74. The van der Waals surface area contributed by atoms with Gasteiger partial charge < -0.3 is 8.83 Å². The smallest absolute Gasteiger partial charge is 0.134 e. The van der Waals surface area contributed by atoms with E-state index in [9.17, 15) is 0 Å². The van der Waals surface area contributed by atoms with Crippen molar-refractivity contribution >= 4 is 48.6 Å². The number of nitrogens with zero attached hydrogens (tertiary/aromatic N) is 3. The second-order valence-corrected chi connectivity index (χ2v) is 6.82. The molecule has 0 radical (unpaired) electrons. The van der Waals surface area contributed by atoms with Gasteiger partial charge >= 0.3 is 0 Å². The summed E-state index contributed by atoms with van der Waals surface area (Å²) in [6.07, 6.45) is 15.9. The molecule has 0 spiro atoms. The molecule has 2 aliphatic rings. The standard InChI is InChI=1S/C27H21N3O2/c1-5-18-15-21(7-3)31-26(18)13-10-20-9-11-23-24(29-30-25(23)17-28-20)12-14-27-19(6-2)16-22(8-4)32-27/h5-17H,1-4H2/b13-10+,14-12+. The van der Waals surface area contributed by atoms with Crippen LogP contribution in [0.25, 0.3) is 59.9 Å². The first-order valence-corrected chi connectivity index (χ1v) is 9.91. The molecule has 0 unspecified atom stereocenters. The van der Waals surface area contributed by atoms with Crippen LogP contribution in [0.3, 0.4) is 0 Å². The molecule has 0 aliphatic carbocycles. The van der Waals surface area contributed by atoms with E-state index in [4.69, 9.17) is 8.83 Å². The van der Waals surface area contributed by atoms with E-state index in [2.05, 4.69) is 41.5 Å². The van der Waals surface area contributed by atoms with Gasteiger partial charge in [0.2, 0.25) is 0 Å². The Morgan fingerprint density at radius 1 is 0.688 bits per heavy atom. The van der Waals surface area contributed by atoms with Crippen molar-refractivity contribution < 1.29 is 8.83 Å². The molecule has 0 saturated carbocycles. The molecule has 4 heterocycles. The van der Waals surface area contributed by atoms with Gasteiger partial charge in [-0.05, 0) is 60.7 Å². The quantitative estimate of drug-likeness (QED) is 0.305. The van der Waals surface area contributed by atoms with Crippen LogP contribution in [0.1, 0.15) is 45.6 Å². The van der Waals surface area contributed by atoms with Gasteiger partial charge in [-0.3, -0.25) is 4.98 Å². The molecule has 0 fully saturated rings. The Bertz CT molecular complexity index is 1350. The molecule has 32 heavy (non-hydrogen) atoms. The van der Waals surface area contributed by atoms with Crippen molar-refractivity contribution in [2.24, 2.45) is 0 Å². The normalized spacial score (nSPS) is 11.4. The lowest BCUT2D eigenvalue weighted by Crippen LogP contribution is -1.75. The topological polar surface area (TPSA) is 65.0 Å². The average Bonchev–Trinajstić information content (AvgIpc) is 3.49. The number of fused-ring (bicyclic) bond motifs is 1. The van der Waals surface area contributed by atoms with Crippen LogP contribution in [0.4, 0.5) is 0 Å². The van der Waals surface area contributed by atoms with E-state index in [-0.39, 0.29) is 0 Å². The fraction of sp³-hybridized carbons (Fsp3) is 0. The van der Waals surface area contributed by atoms with E-state index in [0.717, 1.165) is 28.1 Å². The van der Waals surface area contributed by atoms with Crippen LogP contribution in [0.15, 0.2) is 65.6 Å². The fourth-order valence-electron chi connectivity index (χ4n) is 3.16. The molecule has 0 bridgehead atoms. The van der Waals surface area contributed by atoms with Crippen molar-refractivity contribution in [2.75, 3.05) is 0 Å². The highest BCUT2D eigenvalue weighted by molar-refractivity contribution is 5.80. The number of hydrogen-bond donors (Lipinski definition) is 0. The molecule has 2 aliphatic heterocycles. The second-order valence-electron chi connectivity index (χ2n) is 6.82. The first kappa shape index (κ1) is 20.8. The highest BCUT2D eigenvalue weighted by atomic mass is 16.3. The molecular weight excluding hydrogens is 398 g/mol. The minimum Gasteiger partial charge on any atom is -0.457 e. The third kappa shape index (κ3) is 4.18. The Morgan fingerprint density at radius 3 is 1.91 bits per heavy atom. The van der Waals surface area contributed by atoms with Gasteiger partial charge in [-0.15, -0.1) is 10.2 Å². The number of rotatable bonds is 8. The zero-order valence-corrected chi connectivity index (χ0v) is 17.5. The van der Waals surface area contributed by atoms with Gasteiger partial charge in [0.05, 0.1) is 17.6 Å². The molecule has 0 N–H and O–H groups in total. The molecule has 2 aromatic rings. The third-order valence-corrected chi connectivity index (χ3v) is 4.83. The SMILES string of the molecule is C=Cc1cc(C=C)c(/C=C/c2ccc3c(/C=C/c4oc(C=C)cc4C=C)nnc-3cn2)o1. The molecular formula is C27H21N3O2. The molecule has 0 amide bonds. The summed E-state index contributed by atoms with van der Waals surface area (Å²) >= 11 is 0. The summed E-state index contributed by atoms with van der Waals surface area (Å²) < 4.78 is 11.5. The van der Waals surface area contributed by atoms with Crippen LogP contribution in [-0.2, 0) is 0 Å². The minimum absolute atomic E-state index is 0.682. The summed E-state index contributed by atoms with van der Waals surface area (Å²) in [4.78, 5) is 4.50. The Labute approximate surface area is 186 Å². The summed E-state index contributed by atoms with van der Waals surface area (Å²) in [5, 5.41) is 8.50. The van der Waals surface area contributed by atoms with Gasteiger partial charge in [-0.25, -0.2) is 0 Å². The van der Waals surface area contributed by atoms with E-state index in [1.807, 2.05) is 48.6 Å². The van der Waals surface area contributed by atoms with E-state index >= 15 is 0 Å². The van der Waals surface area contributed by atoms with E-state index < -0.39 is 0 Å². The number of hydrogen-bond acceptors (Lipinski definition) is 5. The van der Waals surface area contributed by atoms with Gasteiger partial charge in [0, 0.05) is 16.7 Å². The summed E-state index contributed by atoms with van der Waals surface area (Å²) in [7, 11) is 0. The minimum atomic E-state index is 0.682. The average molecular weight is 419 g/mol. The molecule has 5 nitrogen and oxygen atoms in total. The molecule has 2 aromatic heterocycles. The van der Waals surface area contributed by atoms with Crippen LogP contribution in [0.5, 0.6) is 0 Å². The summed E-state index contributed by atoms with van der Waals surface area (Å²) in [6.45, 7) is 15.1. The molecule has 0 saturated heterocycles. The number of aromatic nitrogens is 3. The lowest BCUT2D eigenvalue weighted by atomic mass is 10.1. The first-order chi connectivity index (χ1) is 15.6. The van der Waals surface area contributed by atoms with Crippen LogP contribution < -0.4 is 0 Å².